The van der Waals surface area contributed by atoms with Gasteiger partial charge in [0.1, 0.15) is 23.9 Å². The van der Waals surface area contributed by atoms with Gasteiger partial charge in [-0.1, -0.05) is 36.4 Å². The van der Waals surface area contributed by atoms with Gasteiger partial charge >= 0.3 is 0 Å². The zero-order valence-corrected chi connectivity index (χ0v) is 21.3. The number of aliphatic hydroxyl groups excluding tert-OH is 1. The smallest absolute Gasteiger partial charge is 0.295 e. The molecule has 6 nitrogen and oxygen atoms in total. The number of halogens is 1. The van der Waals surface area contributed by atoms with Crippen molar-refractivity contribution in [3.8, 4) is 5.75 Å². The minimum Gasteiger partial charge on any atom is -0.507 e. The molecular formula is C30H31FN2O4. The van der Waals surface area contributed by atoms with Crippen LogP contribution in [0.15, 0.2) is 78.4 Å². The average Bonchev–Trinajstić information content (AvgIpc) is 3.13. The van der Waals surface area contributed by atoms with E-state index in [1.807, 2.05) is 50.2 Å². The molecule has 4 rings (SSSR count). The lowest BCUT2D eigenvalue weighted by Gasteiger charge is -2.26. The van der Waals surface area contributed by atoms with Crippen molar-refractivity contribution in [3.63, 3.8) is 0 Å². The molecule has 0 aliphatic carbocycles. The van der Waals surface area contributed by atoms with Gasteiger partial charge in [0.2, 0.25) is 0 Å². The third kappa shape index (κ3) is 5.89. The van der Waals surface area contributed by atoms with E-state index in [0.29, 0.717) is 36.4 Å². The van der Waals surface area contributed by atoms with Gasteiger partial charge in [0.15, 0.2) is 0 Å². The van der Waals surface area contributed by atoms with Gasteiger partial charge in [-0.15, -0.1) is 0 Å². The van der Waals surface area contributed by atoms with Crippen molar-refractivity contribution in [1.29, 1.82) is 0 Å². The second-order valence-electron chi connectivity index (χ2n) is 9.44. The highest BCUT2D eigenvalue weighted by molar-refractivity contribution is 6.46. The number of nitrogens with zero attached hydrogens (tertiary/aromatic N) is 2. The van der Waals surface area contributed by atoms with Crippen LogP contribution in [-0.2, 0) is 16.2 Å². The lowest BCUT2D eigenvalue weighted by atomic mass is 9.95. The van der Waals surface area contributed by atoms with Crippen molar-refractivity contribution in [3.05, 3.63) is 106 Å². The Bertz CT molecular complexity index is 1300. The van der Waals surface area contributed by atoms with E-state index in [0.717, 1.165) is 17.7 Å². The Balaban J connectivity index is 1.63. The van der Waals surface area contributed by atoms with E-state index in [1.54, 1.807) is 36.4 Å². The van der Waals surface area contributed by atoms with E-state index in [4.69, 9.17) is 4.74 Å². The molecule has 1 aliphatic heterocycles. The van der Waals surface area contributed by atoms with Crippen LogP contribution < -0.4 is 4.74 Å². The largest absolute Gasteiger partial charge is 0.507 e. The summed E-state index contributed by atoms with van der Waals surface area (Å²) < 4.78 is 19.5. The fourth-order valence-electron chi connectivity index (χ4n) is 4.46. The number of aliphatic hydroxyl groups is 1. The van der Waals surface area contributed by atoms with Gasteiger partial charge in [-0.2, -0.15) is 0 Å². The molecule has 1 fully saturated rings. The van der Waals surface area contributed by atoms with Gasteiger partial charge in [0.05, 0.1) is 11.6 Å². The third-order valence-electron chi connectivity index (χ3n) is 6.51. The maximum Gasteiger partial charge on any atom is 0.295 e. The van der Waals surface area contributed by atoms with Gasteiger partial charge in [-0.3, -0.25) is 9.59 Å². The molecule has 1 amide bonds. The fraction of sp³-hybridized carbons (Fsp3) is 0.267. The summed E-state index contributed by atoms with van der Waals surface area (Å²) in [6.45, 7) is 3.48. The van der Waals surface area contributed by atoms with Crippen molar-refractivity contribution >= 4 is 17.4 Å². The highest BCUT2D eigenvalue weighted by Crippen LogP contribution is 2.39. The highest BCUT2D eigenvalue weighted by Gasteiger charge is 2.45. The quantitative estimate of drug-likeness (QED) is 0.251. The lowest BCUT2D eigenvalue weighted by Crippen LogP contribution is -2.32. The van der Waals surface area contributed by atoms with Crippen LogP contribution in [0.2, 0.25) is 0 Å². The molecule has 7 heteroatoms. The van der Waals surface area contributed by atoms with E-state index < -0.39 is 23.5 Å². The number of likely N-dealkylation sites (tertiary alicyclic amines) is 1. The summed E-state index contributed by atoms with van der Waals surface area (Å²) >= 11 is 0. The lowest BCUT2D eigenvalue weighted by molar-refractivity contribution is -0.139. The summed E-state index contributed by atoms with van der Waals surface area (Å²) in [7, 11) is 3.86. The molecule has 0 spiro atoms. The Morgan fingerprint density at radius 3 is 2.32 bits per heavy atom. The summed E-state index contributed by atoms with van der Waals surface area (Å²) in [5.41, 5.74) is 3.15. The van der Waals surface area contributed by atoms with Crippen LogP contribution in [0.5, 0.6) is 5.75 Å². The first kappa shape index (κ1) is 26.1. The zero-order valence-electron chi connectivity index (χ0n) is 21.3. The molecule has 1 atom stereocenters. The summed E-state index contributed by atoms with van der Waals surface area (Å²) in [5, 5.41) is 11.2. The first-order valence-electron chi connectivity index (χ1n) is 12.2. The number of ether oxygens (including phenoxy) is 1. The Labute approximate surface area is 216 Å². The van der Waals surface area contributed by atoms with Crippen LogP contribution in [0.1, 0.15) is 34.7 Å². The molecule has 3 aromatic carbocycles. The minimum atomic E-state index is -0.806. The van der Waals surface area contributed by atoms with Crippen molar-refractivity contribution in [2.75, 3.05) is 27.2 Å². The Morgan fingerprint density at radius 1 is 1.00 bits per heavy atom. The Kier molecular flexibility index (Phi) is 8.04. The maximum absolute atomic E-state index is 13.6. The van der Waals surface area contributed by atoms with Crippen molar-refractivity contribution in [2.45, 2.75) is 26.0 Å². The van der Waals surface area contributed by atoms with E-state index in [1.165, 1.54) is 17.0 Å². The van der Waals surface area contributed by atoms with Gasteiger partial charge in [-0.25, -0.2) is 4.39 Å². The number of benzene rings is 3. The molecular weight excluding hydrogens is 471 g/mol. The van der Waals surface area contributed by atoms with Crippen LogP contribution in [0, 0.1) is 12.7 Å². The summed E-state index contributed by atoms with van der Waals surface area (Å²) in [6, 6.07) is 19.6. The van der Waals surface area contributed by atoms with Crippen molar-refractivity contribution < 1.29 is 23.8 Å². The average molecular weight is 503 g/mol. The number of hydrogen-bond acceptors (Lipinski definition) is 5. The number of aryl methyl sites for hydroxylation is 1. The van der Waals surface area contributed by atoms with E-state index in [-0.39, 0.29) is 11.3 Å². The molecule has 1 saturated heterocycles. The molecule has 1 heterocycles. The fourth-order valence-corrected chi connectivity index (χ4v) is 4.46. The van der Waals surface area contributed by atoms with E-state index in [9.17, 15) is 19.1 Å². The minimum absolute atomic E-state index is 0.00459. The molecule has 0 radical (unpaired) electrons. The summed E-state index contributed by atoms with van der Waals surface area (Å²) in [5.74, 6) is -1.51. The summed E-state index contributed by atoms with van der Waals surface area (Å²) in [4.78, 5) is 29.6. The first-order valence-corrected chi connectivity index (χ1v) is 12.2. The number of rotatable bonds is 9. The Morgan fingerprint density at radius 2 is 1.68 bits per heavy atom. The number of ketones is 1. The second kappa shape index (κ2) is 11.4. The standard InChI is InChI=1S/C30H31FN2O4/c1-20-7-4-5-8-23(20)19-37-25-15-11-22(12-16-25)28(34)26-27(21-9-13-24(31)14-10-21)33(30(36)29(26)35)18-6-17-32(2)3/h4-5,7-16,27,34H,6,17-19H2,1-3H3. The SMILES string of the molecule is Cc1ccccc1COc1ccc(C(O)=C2C(=O)C(=O)N(CCCN(C)C)C2c2ccc(F)cc2)cc1. The van der Waals surface area contributed by atoms with Crippen LogP contribution in [0.4, 0.5) is 4.39 Å². The number of hydrogen-bond donors (Lipinski definition) is 1. The maximum atomic E-state index is 13.6. The number of carbonyl (C=O) groups excluding carboxylic acids is 2. The predicted octanol–water partition coefficient (Wildman–Crippen LogP) is 5.09. The van der Waals surface area contributed by atoms with Crippen molar-refractivity contribution in [1.82, 2.24) is 9.80 Å². The normalized spacial score (nSPS) is 17.0. The van der Waals surface area contributed by atoms with Crippen LogP contribution in [-0.4, -0.2) is 53.8 Å². The van der Waals surface area contributed by atoms with Crippen LogP contribution in [0.3, 0.4) is 0 Å². The van der Waals surface area contributed by atoms with Gasteiger partial charge in [-0.05, 0) is 87.1 Å². The molecule has 0 aromatic heterocycles. The van der Waals surface area contributed by atoms with E-state index in [2.05, 4.69) is 0 Å². The molecule has 0 saturated carbocycles. The molecule has 1 N–H and O–H groups in total. The van der Waals surface area contributed by atoms with Gasteiger partial charge in [0, 0.05) is 12.1 Å². The topological polar surface area (TPSA) is 70.1 Å². The second-order valence-corrected chi connectivity index (χ2v) is 9.44. The zero-order chi connectivity index (χ0) is 26.5. The first-order chi connectivity index (χ1) is 17.8. The number of amides is 1. The van der Waals surface area contributed by atoms with Crippen molar-refractivity contribution in [2.24, 2.45) is 0 Å². The molecule has 0 bridgehead atoms. The monoisotopic (exact) mass is 502 g/mol. The summed E-state index contributed by atoms with van der Waals surface area (Å²) in [6.07, 6.45) is 0.644. The molecule has 1 unspecified atom stereocenters. The predicted molar refractivity (Wildman–Crippen MR) is 141 cm³/mol. The molecule has 192 valence electrons. The number of Topliss-reactive ketones (excluding diaryl/α,β-unsaturated/α-hetero) is 1. The van der Waals surface area contributed by atoms with E-state index >= 15 is 0 Å². The molecule has 3 aromatic rings. The third-order valence-corrected chi connectivity index (χ3v) is 6.51. The highest BCUT2D eigenvalue weighted by atomic mass is 19.1. The molecule has 37 heavy (non-hydrogen) atoms. The number of carbonyl (C=O) groups is 2. The Hall–Kier alpha value is -3.97. The van der Waals surface area contributed by atoms with Crippen LogP contribution in [0.25, 0.3) is 5.76 Å². The van der Waals surface area contributed by atoms with Gasteiger partial charge < -0.3 is 19.6 Å². The van der Waals surface area contributed by atoms with Gasteiger partial charge in [0.25, 0.3) is 11.7 Å². The van der Waals surface area contributed by atoms with Crippen LogP contribution >= 0.6 is 0 Å². The molecule has 1 aliphatic rings.